The Morgan fingerprint density at radius 1 is 1.32 bits per heavy atom. The molecule has 1 aromatic carbocycles. The van der Waals surface area contributed by atoms with Crippen molar-refractivity contribution < 1.29 is 9.53 Å². The van der Waals surface area contributed by atoms with Gasteiger partial charge in [-0.1, -0.05) is 11.8 Å². The van der Waals surface area contributed by atoms with Gasteiger partial charge in [0.05, 0.1) is 19.8 Å². The van der Waals surface area contributed by atoms with Crippen LogP contribution in [0.3, 0.4) is 0 Å². The fourth-order valence-corrected chi connectivity index (χ4v) is 1.76. The van der Waals surface area contributed by atoms with Gasteiger partial charge in [-0.3, -0.25) is 0 Å². The first-order chi connectivity index (χ1) is 9.29. The van der Waals surface area contributed by atoms with Crippen molar-refractivity contribution in [3.8, 4) is 11.8 Å². The predicted molar refractivity (Wildman–Crippen MR) is 73.8 cm³/mol. The van der Waals surface area contributed by atoms with Crippen LogP contribution in [-0.4, -0.2) is 43.8 Å². The van der Waals surface area contributed by atoms with Crippen molar-refractivity contribution in [3.63, 3.8) is 0 Å². The molecule has 1 saturated heterocycles. The molecule has 0 atom stereocenters. The number of urea groups is 1. The number of hydrogen-bond donors (Lipinski definition) is 2. The van der Waals surface area contributed by atoms with Gasteiger partial charge >= 0.3 is 6.03 Å². The minimum atomic E-state index is -0.0934. The Morgan fingerprint density at radius 2 is 2.00 bits per heavy atom. The summed E-state index contributed by atoms with van der Waals surface area (Å²) in [5.41, 5.74) is 6.95. The minimum absolute atomic E-state index is 0.0934. The second-order valence-electron chi connectivity index (χ2n) is 4.11. The molecule has 1 heterocycles. The zero-order valence-electron chi connectivity index (χ0n) is 10.7. The number of nitrogens with two attached hydrogens (primary N) is 1. The third-order valence-electron chi connectivity index (χ3n) is 2.77. The van der Waals surface area contributed by atoms with Crippen LogP contribution in [0.2, 0.25) is 0 Å². The van der Waals surface area contributed by atoms with Gasteiger partial charge in [0.25, 0.3) is 0 Å². The Kier molecular flexibility index (Phi) is 4.78. The van der Waals surface area contributed by atoms with E-state index in [0.29, 0.717) is 32.8 Å². The number of amides is 2. The smallest absolute Gasteiger partial charge is 0.321 e. The summed E-state index contributed by atoms with van der Waals surface area (Å²) in [4.78, 5) is 13.7. The normalized spacial score (nSPS) is 14.5. The number of nitrogens with one attached hydrogen (secondary N) is 1. The molecule has 3 N–H and O–H groups in total. The molecular weight excluding hydrogens is 242 g/mol. The van der Waals surface area contributed by atoms with Gasteiger partial charge in [0.1, 0.15) is 0 Å². The summed E-state index contributed by atoms with van der Waals surface area (Å²) in [6.07, 6.45) is 0. The first kappa shape index (κ1) is 13.4. The maximum atomic E-state index is 11.9. The molecular formula is C14H17N3O2. The van der Waals surface area contributed by atoms with Crippen molar-refractivity contribution in [2.75, 3.05) is 38.2 Å². The molecule has 5 heteroatoms. The lowest BCUT2D eigenvalue weighted by Gasteiger charge is -2.26. The summed E-state index contributed by atoms with van der Waals surface area (Å²) in [6, 6.07) is 7.29. The number of rotatable bonds is 1. The van der Waals surface area contributed by atoms with Crippen LogP contribution in [0.15, 0.2) is 24.3 Å². The van der Waals surface area contributed by atoms with E-state index in [1.165, 1.54) is 0 Å². The number of carbonyl (C=O) groups is 1. The quantitative estimate of drug-likeness (QED) is 0.735. The Balaban J connectivity index is 1.93. The standard InChI is InChI=1S/C14H17N3O2/c15-7-1-2-12-3-5-13(6-4-12)16-14(18)17-8-10-19-11-9-17/h3-6H,7-11,15H2,(H,16,18). The van der Waals surface area contributed by atoms with Crippen molar-refractivity contribution >= 4 is 11.7 Å². The lowest BCUT2D eigenvalue weighted by molar-refractivity contribution is 0.0564. The fourth-order valence-electron chi connectivity index (χ4n) is 1.76. The van der Waals surface area contributed by atoms with Gasteiger partial charge < -0.3 is 20.7 Å². The van der Waals surface area contributed by atoms with Gasteiger partial charge in [0, 0.05) is 24.3 Å². The Morgan fingerprint density at radius 3 is 2.63 bits per heavy atom. The zero-order chi connectivity index (χ0) is 13.5. The summed E-state index contributed by atoms with van der Waals surface area (Å²) in [5, 5.41) is 2.85. The molecule has 1 aliphatic heterocycles. The second kappa shape index (κ2) is 6.78. The lowest BCUT2D eigenvalue weighted by atomic mass is 10.2. The largest absolute Gasteiger partial charge is 0.378 e. The highest BCUT2D eigenvalue weighted by Gasteiger charge is 2.16. The van der Waals surface area contributed by atoms with Crippen molar-refractivity contribution in [1.82, 2.24) is 4.90 Å². The average molecular weight is 259 g/mol. The predicted octanol–water partition coefficient (Wildman–Crippen LogP) is 0.861. The number of ether oxygens (including phenoxy) is 1. The van der Waals surface area contributed by atoms with E-state index in [4.69, 9.17) is 10.5 Å². The van der Waals surface area contributed by atoms with E-state index in [9.17, 15) is 4.79 Å². The molecule has 0 aromatic heterocycles. The summed E-state index contributed by atoms with van der Waals surface area (Å²) < 4.78 is 5.21. The molecule has 2 amide bonds. The van der Waals surface area contributed by atoms with E-state index >= 15 is 0 Å². The summed E-state index contributed by atoms with van der Waals surface area (Å²) in [5.74, 6) is 5.72. The summed E-state index contributed by atoms with van der Waals surface area (Å²) >= 11 is 0. The van der Waals surface area contributed by atoms with Crippen molar-refractivity contribution in [2.45, 2.75) is 0 Å². The number of anilines is 1. The molecule has 1 fully saturated rings. The molecule has 1 aromatic rings. The van der Waals surface area contributed by atoms with Crippen molar-refractivity contribution in [1.29, 1.82) is 0 Å². The fraction of sp³-hybridized carbons (Fsp3) is 0.357. The molecule has 0 bridgehead atoms. The molecule has 100 valence electrons. The first-order valence-electron chi connectivity index (χ1n) is 6.22. The minimum Gasteiger partial charge on any atom is -0.378 e. The van der Waals surface area contributed by atoms with Crippen LogP contribution in [-0.2, 0) is 4.74 Å². The number of benzene rings is 1. The third-order valence-corrected chi connectivity index (χ3v) is 2.77. The van der Waals surface area contributed by atoms with Crippen LogP contribution < -0.4 is 11.1 Å². The SMILES string of the molecule is NCC#Cc1ccc(NC(=O)N2CCOCC2)cc1. The van der Waals surface area contributed by atoms with Crippen LogP contribution in [0.4, 0.5) is 10.5 Å². The van der Waals surface area contributed by atoms with Crippen LogP contribution in [0.1, 0.15) is 5.56 Å². The maximum Gasteiger partial charge on any atom is 0.321 e. The third kappa shape index (κ3) is 3.98. The molecule has 0 aliphatic carbocycles. The topological polar surface area (TPSA) is 67.6 Å². The maximum absolute atomic E-state index is 11.9. The van der Waals surface area contributed by atoms with Crippen LogP contribution in [0, 0.1) is 11.8 Å². The molecule has 0 spiro atoms. The molecule has 19 heavy (non-hydrogen) atoms. The summed E-state index contributed by atoms with van der Waals surface area (Å²) in [7, 11) is 0. The zero-order valence-corrected chi connectivity index (χ0v) is 10.7. The number of hydrogen-bond acceptors (Lipinski definition) is 3. The molecule has 5 nitrogen and oxygen atoms in total. The monoisotopic (exact) mass is 259 g/mol. The van der Waals surface area contributed by atoms with E-state index in [1.54, 1.807) is 4.90 Å². The van der Waals surface area contributed by atoms with E-state index in [2.05, 4.69) is 17.2 Å². The number of carbonyl (C=O) groups excluding carboxylic acids is 1. The Labute approximate surface area is 112 Å². The van der Waals surface area contributed by atoms with E-state index in [1.807, 2.05) is 24.3 Å². The highest BCUT2D eigenvalue weighted by Crippen LogP contribution is 2.10. The van der Waals surface area contributed by atoms with Gasteiger partial charge in [-0.2, -0.15) is 0 Å². The average Bonchev–Trinajstić information content (AvgIpc) is 2.47. The highest BCUT2D eigenvalue weighted by atomic mass is 16.5. The van der Waals surface area contributed by atoms with Crippen LogP contribution >= 0.6 is 0 Å². The van der Waals surface area contributed by atoms with Gasteiger partial charge in [0.2, 0.25) is 0 Å². The van der Waals surface area contributed by atoms with Crippen molar-refractivity contribution in [3.05, 3.63) is 29.8 Å². The van der Waals surface area contributed by atoms with Gasteiger partial charge in [-0.15, -0.1) is 0 Å². The highest BCUT2D eigenvalue weighted by molar-refractivity contribution is 5.89. The first-order valence-corrected chi connectivity index (χ1v) is 6.22. The Bertz CT molecular complexity index is 482. The summed E-state index contributed by atoms with van der Waals surface area (Å²) in [6.45, 7) is 2.80. The van der Waals surface area contributed by atoms with E-state index < -0.39 is 0 Å². The van der Waals surface area contributed by atoms with Gasteiger partial charge in [-0.05, 0) is 24.3 Å². The molecule has 2 rings (SSSR count). The van der Waals surface area contributed by atoms with Crippen LogP contribution in [0.25, 0.3) is 0 Å². The number of nitrogens with zero attached hydrogens (tertiary/aromatic N) is 1. The van der Waals surface area contributed by atoms with Crippen molar-refractivity contribution in [2.24, 2.45) is 5.73 Å². The van der Waals surface area contributed by atoms with Gasteiger partial charge in [0.15, 0.2) is 0 Å². The van der Waals surface area contributed by atoms with Crippen LogP contribution in [0.5, 0.6) is 0 Å². The molecule has 1 aliphatic rings. The lowest BCUT2D eigenvalue weighted by Crippen LogP contribution is -2.43. The molecule has 0 radical (unpaired) electrons. The molecule has 0 unspecified atom stereocenters. The molecule has 0 saturated carbocycles. The number of morpholine rings is 1. The van der Waals surface area contributed by atoms with Gasteiger partial charge in [-0.25, -0.2) is 4.79 Å². The second-order valence-corrected chi connectivity index (χ2v) is 4.11. The van der Waals surface area contributed by atoms with E-state index in [0.717, 1.165) is 11.3 Å². The Hall–Kier alpha value is -2.03. The van der Waals surface area contributed by atoms with E-state index in [-0.39, 0.29) is 6.03 Å².